The molecule has 4 heteroatoms. The molecule has 0 spiro atoms. The Labute approximate surface area is 107 Å². The first-order valence-corrected chi connectivity index (χ1v) is 6.03. The number of hydrogen-bond acceptors (Lipinski definition) is 3. The fourth-order valence-corrected chi connectivity index (χ4v) is 1.66. The fraction of sp³-hybridized carbons (Fsp3) is 0.462. The molecule has 0 saturated carbocycles. The van der Waals surface area contributed by atoms with Gasteiger partial charge in [0, 0.05) is 16.6 Å². The molecule has 0 heterocycles. The molecule has 0 aliphatic heterocycles. The van der Waals surface area contributed by atoms with Crippen LogP contribution in [-0.2, 0) is 0 Å². The number of halogens is 1. The maximum Gasteiger partial charge on any atom is 0.184 e. The van der Waals surface area contributed by atoms with Crippen molar-refractivity contribution in [1.29, 1.82) is 5.26 Å². The highest BCUT2D eigenvalue weighted by atomic mass is 35.5. The predicted octanol–water partition coefficient (Wildman–Crippen LogP) is 3.30. The second-order valence-electron chi connectivity index (χ2n) is 3.84. The fourth-order valence-electron chi connectivity index (χ4n) is 1.47. The topological polar surface area (TPSA) is 45.0 Å². The summed E-state index contributed by atoms with van der Waals surface area (Å²) in [6.07, 6.45) is 0.242. The molecule has 0 aromatic heterocycles. The number of ether oxygens (including phenoxy) is 1. The van der Waals surface area contributed by atoms with Gasteiger partial charge in [-0.25, -0.2) is 0 Å². The monoisotopic (exact) mass is 252 g/mol. The van der Waals surface area contributed by atoms with Gasteiger partial charge in [0.1, 0.15) is 11.8 Å². The van der Waals surface area contributed by atoms with E-state index in [-0.39, 0.29) is 6.04 Å². The van der Waals surface area contributed by atoms with Gasteiger partial charge in [-0.05, 0) is 38.6 Å². The molecule has 3 nitrogen and oxygen atoms in total. The average Bonchev–Trinajstić information content (AvgIpc) is 2.36. The van der Waals surface area contributed by atoms with E-state index >= 15 is 0 Å². The minimum atomic E-state index is -0.418. The van der Waals surface area contributed by atoms with Crippen molar-refractivity contribution in [3.63, 3.8) is 0 Å². The molecule has 0 fully saturated rings. The maximum atomic E-state index is 8.91. The van der Waals surface area contributed by atoms with Crippen LogP contribution in [0.25, 0.3) is 0 Å². The summed E-state index contributed by atoms with van der Waals surface area (Å²) in [4.78, 5) is 0. The van der Waals surface area contributed by atoms with Crippen molar-refractivity contribution in [1.82, 2.24) is 5.32 Å². The van der Waals surface area contributed by atoms with Crippen LogP contribution < -0.4 is 10.1 Å². The molecule has 1 aromatic rings. The normalized spacial score (nSPS) is 13.8. The van der Waals surface area contributed by atoms with E-state index in [1.54, 1.807) is 6.07 Å². The Balaban J connectivity index is 3.02. The molecule has 0 bridgehead atoms. The van der Waals surface area contributed by atoms with Crippen molar-refractivity contribution in [2.45, 2.75) is 32.4 Å². The SMILES string of the molecule is CCC(C#N)Oc1ccc(Cl)cc1C(C)NC. The van der Waals surface area contributed by atoms with E-state index in [4.69, 9.17) is 21.6 Å². The first-order valence-electron chi connectivity index (χ1n) is 5.65. The van der Waals surface area contributed by atoms with Gasteiger partial charge in [0.2, 0.25) is 0 Å². The minimum absolute atomic E-state index is 0.125. The summed E-state index contributed by atoms with van der Waals surface area (Å²) in [5.41, 5.74) is 0.966. The predicted molar refractivity (Wildman–Crippen MR) is 69.2 cm³/mol. The third kappa shape index (κ3) is 3.62. The molecule has 0 saturated heterocycles. The molecule has 17 heavy (non-hydrogen) atoms. The number of nitriles is 1. The van der Waals surface area contributed by atoms with Crippen LogP contribution >= 0.6 is 11.6 Å². The van der Waals surface area contributed by atoms with Crippen molar-refractivity contribution in [3.05, 3.63) is 28.8 Å². The third-order valence-corrected chi connectivity index (χ3v) is 2.89. The van der Waals surface area contributed by atoms with Gasteiger partial charge in [-0.2, -0.15) is 5.26 Å². The van der Waals surface area contributed by atoms with Crippen molar-refractivity contribution in [2.24, 2.45) is 0 Å². The Bertz CT molecular complexity index is 414. The number of hydrogen-bond donors (Lipinski definition) is 1. The standard InChI is InChI=1S/C13H17ClN2O/c1-4-11(8-15)17-13-6-5-10(14)7-12(13)9(2)16-3/h5-7,9,11,16H,4H2,1-3H3. The Morgan fingerprint density at radius 3 is 2.76 bits per heavy atom. The number of benzene rings is 1. The van der Waals surface area contributed by atoms with Crippen molar-refractivity contribution >= 4 is 11.6 Å². The smallest absolute Gasteiger partial charge is 0.184 e. The zero-order valence-electron chi connectivity index (χ0n) is 10.3. The minimum Gasteiger partial charge on any atom is -0.475 e. The van der Waals surface area contributed by atoms with Crippen LogP contribution in [0.5, 0.6) is 5.75 Å². The largest absolute Gasteiger partial charge is 0.475 e. The van der Waals surface area contributed by atoms with Crippen LogP contribution in [0.4, 0.5) is 0 Å². The lowest BCUT2D eigenvalue weighted by Crippen LogP contribution is -2.17. The maximum absolute atomic E-state index is 8.91. The molecule has 0 aliphatic carbocycles. The van der Waals surface area contributed by atoms with Crippen LogP contribution in [0, 0.1) is 11.3 Å². The van der Waals surface area contributed by atoms with E-state index in [1.807, 2.05) is 33.0 Å². The summed E-state index contributed by atoms with van der Waals surface area (Å²) in [6, 6.07) is 7.69. The summed E-state index contributed by atoms with van der Waals surface area (Å²) < 4.78 is 5.66. The van der Waals surface area contributed by atoms with Gasteiger partial charge in [-0.1, -0.05) is 18.5 Å². The average molecular weight is 253 g/mol. The second kappa shape index (κ2) is 6.48. The summed E-state index contributed by atoms with van der Waals surface area (Å²) in [5.74, 6) is 0.713. The van der Waals surface area contributed by atoms with Crippen molar-refractivity contribution in [3.8, 4) is 11.8 Å². The van der Waals surface area contributed by atoms with Gasteiger partial charge in [-0.3, -0.25) is 0 Å². The van der Waals surface area contributed by atoms with E-state index in [2.05, 4.69) is 11.4 Å². The molecule has 1 N–H and O–H groups in total. The number of nitrogens with zero attached hydrogens (tertiary/aromatic N) is 1. The second-order valence-corrected chi connectivity index (χ2v) is 4.27. The molecule has 0 aliphatic rings. The third-order valence-electron chi connectivity index (χ3n) is 2.66. The van der Waals surface area contributed by atoms with Crippen molar-refractivity contribution in [2.75, 3.05) is 7.05 Å². The molecule has 0 amide bonds. The quantitative estimate of drug-likeness (QED) is 0.875. The van der Waals surface area contributed by atoms with E-state index in [0.29, 0.717) is 17.2 Å². The Morgan fingerprint density at radius 1 is 1.53 bits per heavy atom. The molecular formula is C13H17ClN2O. The van der Waals surface area contributed by atoms with Crippen LogP contribution in [-0.4, -0.2) is 13.2 Å². The van der Waals surface area contributed by atoms with E-state index in [9.17, 15) is 0 Å². The van der Waals surface area contributed by atoms with E-state index < -0.39 is 6.10 Å². The summed E-state index contributed by atoms with van der Waals surface area (Å²) in [7, 11) is 1.87. The molecule has 1 aromatic carbocycles. The van der Waals surface area contributed by atoms with Gasteiger partial charge in [-0.15, -0.1) is 0 Å². The lowest BCUT2D eigenvalue weighted by molar-refractivity contribution is 0.247. The lowest BCUT2D eigenvalue weighted by Gasteiger charge is -2.18. The number of rotatable bonds is 5. The van der Waals surface area contributed by atoms with Crippen molar-refractivity contribution < 1.29 is 4.74 Å². The Kier molecular flexibility index (Phi) is 5.27. The van der Waals surface area contributed by atoms with Gasteiger partial charge in [0.05, 0.1) is 0 Å². The Morgan fingerprint density at radius 2 is 2.24 bits per heavy atom. The zero-order chi connectivity index (χ0) is 12.8. The van der Waals surface area contributed by atoms with Gasteiger partial charge in [0.25, 0.3) is 0 Å². The molecule has 0 radical (unpaired) electrons. The lowest BCUT2D eigenvalue weighted by atomic mass is 10.1. The summed E-state index contributed by atoms with van der Waals surface area (Å²) >= 11 is 5.97. The highest BCUT2D eigenvalue weighted by Gasteiger charge is 2.14. The van der Waals surface area contributed by atoms with Crippen LogP contribution in [0.1, 0.15) is 31.9 Å². The summed E-state index contributed by atoms with van der Waals surface area (Å²) in [6.45, 7) is 3.94. The van der Waals surface area contributed by atoms with Crippen LogP contribution in [0.2, 0.25) is 5.02 Å². The van der Waals surface area contributed by atoms with Gasteiger partial charge >= 0.3 is 0 Å². The van der Waals surface area contributed by atoms with Gasteiger partial charge < -0.3 is 10.1 Å². The summed E-state index contributed by atoms with van der Waals surface area (Å²) in [5, 5.41) is 12.7. The van der Waals surface area contributed by atoms with E-state index in [0.717, 1.165) is 5.56 Å². The first-order chi connectivity index (χ1) is 8.12. The van der Waals surface area contributed by atoms with Crippen LogP contribution in [0.15, 0.2) is 18.2 Å². The first kappa shape index (κ1) is 13.8. The molecule has 2 atom stereocenters. The van der Waals surface area contributed by atoms with Gasteiger partial charge in [0.15, 0.2) is 6.10 Å². The molecule has 92 valence electrons. The highest BCUT2D eigenvalue weighted by Crippen LogP contribution is 2.29. The van der Waals surface area contributed by atoms with Crippen LogP contribution in [0.3, 0.4) is 0 Å². The number of nitrogens with one attached hydrogen (secondary N) is 1. The Hall–Kier alpha value is -1.24. The zero-order valence-corrected chi connectivity index (χ0v) is 11.1. The van der Waals surface area contributed by atoms with E-state index in [1.165, 1.54) is 0 Å². The molecule has 2 unspecified atom stereocenters. The molecular weight excluding hydrogens is 236 g/mol. The molecule has 1 rings (SSSR count). The highest BCUT2D eigenvalue weighted by molar-refractivity contribution is 6.30.